The number of nitrogens with zero attached hydrogens (tertiary/aromatic N) is 2. The van der Waals surface area contributed by atoms with Gasteiger partial charge in [-0.1, -0.05) is 41.7 Å². The smallest absolute Gasteiger partial charge is 0.280 e. The Morgan fingerprint density at radius 1 is 1.19 bits per heavy atom. The lowest BCUT2D eigenvalue weighted by Gasteiger charge is -2.06. The van der Waals surface area contributed by atoms with Crippen molar-refractivity contribution in [3.05, 3.63) is 70.5 Å². The largest absolute Gasteiger partial charge is 0.312 e. The highest BCUT2D eigenvalue weighted by molar-refractivity contribution is 7.90. The van der Waals surface area contributed by atoms with Crippen molar-refractivity contribution in [3.63, 3.8) is 0 Å². The predicted molar refractivity (Wildman–Crippen MR) is 109 cm³/mol. The minimum Gasteiger partial charge on any atom is -0.312 e. The molecular formula is C20H20N2O3S2. The topological polar surface area (TPSA) is 68.5 Å². The van der Waals surface area contributed by atoms with Gasteiger partial charge in [0.1, 0.15) is 0 Å². The van der Waals surface area contributed by atoms with Crippen LogP contribution in [0.3, 0.4) is 0 Å². The van der Waals surface area contributed by atoms with E-state index in [9.17, 15) is 13.2 Å². The average molecular weight is 401 g/mol. The number of fused-ring (bicyclic) bond motifs is 1. The molecule has 0 aliphatic heterocycles. The third-order valence-corrected chi connectivity index (χ3v) is 6.62. The highest BCUT2D eigenvalue weighted by Gasteiger charge is 2.18. The maximum absolute atomic E-state index is 12.8. The molecule has 3 rings (SSSR count). The lowest BCUT2D eigenvalue weighted by atomic mass is 10.1. The van der Waals surface area contributed by atoms with Crippen LogP contribution < -0.4 is 4.80 Å². The molecule has 1 aromatic heterocycles. The molecule has 27 heavy (non-hydrogen) atoms. The molecule has 0 saturated heterocycles. The Labute approximate surface area is 162 Å². The average Bonchev–Trinajstić information content (AvgIpc) is 2.97. The maximum Gasteiger partial charge on any atom is 0.280 e. The molecule has 1 amide bonds. The number of benzene rings is 2. The molecule has 0 spiro atoms. The van der Waals surface area contributed by atoms with Gasteiger partial charge in [0.05, 0.1) is 20.7 Å². The van der Waals surface area contributed by atoms with E-state index in [1.807, 2.05) is 30.5 Å². The lowest BCUT2D eigenvalue weighted by molar-refractivity contribution is 0.0994. The van der Waals surface area contributed by atoms with Gasteiger partial charge in [0.25, 0.3) is 5.91 Å². The van der Waals surface area contributed by atoms with E-state index in [4.69, 9.17) is 0 Å². The molecule has 0 bridgehead atoms. The second kappa shape index (κ2) is 7.25. The van der Waals surface area contributed by atoms with E-state index in [0.29, 0.717) is 11.3 Å². The Hall–Kier alpha value is -2.51. The molecule has 3 aromatic rings. The SMILES string of the molecule is C=CCn1c(=NC(=O)c2ccccc2S(C)(=O)=O)sc2c(C)ccc(C)c21. The number of carbonyl (C=O) groups is 1. The van der Waals surface area contributed by atoms with E-state index < -0.39 is 15.7 Å². The monoisotopic (exact) mass is 400 g/mol. The van der Waals surface area contributed by atoms with Crippen LogP contribution in [0.25, 0.3) is 10.2 Å². The molecule has 2 aromatic carbocycles. The van der Waals surface area contributed by atoms with Crippen molar-refractivity contribution in [1.82, 2.24) is 4.57 Å². The number of hydrogen-bond donors (Lipinski definition) is 0. The summed E-state index contributed by atoms with van der Waals surface area (Å²) in [5.74, 6) is -0.573. The molecule has 0 radical (unpaired) electrons. The molecule has 0 fully saturated rings. The van der Waals surface area contributed by atoms with Gasteiger partial charge in [-0.3, -0.25) is 4.79 Å². The van der Waals surface area contributed by atoms with Crippen LogP contribution in [0.1, 0.15) is 21.5 Å². The van der Waals surface area contributed by atoms with Crippen LogP contribution >= 0.6 is 11.3 Å². The molecule has 1 heterocycles. The van der Waals surface area contributed by atoms with Crippen molar-refractivity contribution in [2.24, 2.45) is 4.99 Å². The van der Waals surface area contributed by atoms with E-state index in [2.05, 4.69) is 11.6 Å². The van der Waals surface area contributed by atoms with Gasteiger partial charge in [-0.05, 0) is 37.1 Å². The molecular weight excluding hydrogens is 380 g/mol. The zero-order valence-electron chi connectivity index (χ0n) is 15.4. The van der Waals surface area contributed by atoms with E-state index >= 15 is 0 Å². The lowest BCUT2D eigenvalue weighted by Crippen LogP contribution is -2.17. The number of amides is 1. The third kappa shape index (κ3) is 3.65. The highest BCUT2D eigenvalue weighted by Crippen LogP contribution is 2.25. The summed E-state index contributed by atoms with van der Waals surface area (Å²) >= 11 is 1.42. The van der Waals surface area contributed by atoms with Crippen LogP contribution in [0.2, 0.25) is 0 Å². The summed E-state index contributed by atoms with van der Waals surface area (Å²) in [5.41, 5.74) is 3.28. The van der Waals surface area contributed by atoms with Crippen molar-refractivity contribution in [3.8, 4) is 0 Å². The maximum atomic E-state index is 12.8. The first-order valence-electron chi connectivity index (χ1n) is 8.32. The first-order valence-corrected chi connectivity index (χ1v) is 11.0. The molecule has 0 atom stereocenters. The summed E-state index contributed by atoms with van der Waals surface area (Å²) < 4.78 is 27.0. The van der Waals surface area contributed by atoms with Gasteiger partial charge in [0.2, 0.25) is 0 Å². The van der Waals surface area contributed by atoms with Gasteiger partial charge in [-0.25, -0.2) is 8.42 Å². The Bertz CT molecular complexity index is 1230. The Kier molecular flexibility index (Phi) is 5.17. The Balaban J connectivity index is 2.27. The zero-order chi connectivity index (χ0) is 19.8. The van der Waals surface area contributed by atoms with Gasteiger partial charge < -0.3 is 4.57 Å². The molecule has 0 N–H and O–H groups in total. The van der Waals surface area contributed by atoms with Crippen LogP contribution in [-0.2, 0) is 16.4 Å². The van der Waals surface area contributed by atoms with Crippen LogP contribution in [-0.4, -0.2) is 25.1 Å². The quantitative estimate of drug-likeness (QED) is 0.628. The number of rotatable bonds is 4. The zero-order valence-corrected chi connectivity index (χ0v) is 17.0. The van der Waals surface area contributed by atoms with Crippen molar-refractivity contribution in [2.75, 3.05) is 6.26 Å². The number of allylic oxidation sites excluding steroid dienone is 1. The number of thiazole rings is 1. The summed E-state index contributed by atoms with van der Waals surface area (Å²) in [5, 5.41) is 0. The van der Waals surface area contributed by atoms with E-state index in [0.717, 1.165) is 27.6 Å². The summed E-state index contributed by atoms with van der Waals surface area (Å²) in [6.07, 6.45) is 2.84. The van der Waals surface area contributed by atoms with Gasteiger partial charge in [-0.2, -0.15) is 4.99 Å². The highest BCUT2D eigenvalue weighted by atomic mass is 32.2. The first-order chi connectivity index (χ1) is 12.7. The van der Waals surface area contributed by atoms with Gasteiger partial charge >= 0.3 is 0 Å². The van der Waals surface area contributed by atoms with Crippen molar-refractivity contribution in [1.29, 1.82) is 0 Å². The molecule has 0 aliphatic rings. The second-order valence-corrected chi connectivity index (χ2v) is 9.31. The van der Waals surface area contributed by atoms with Crippen LogP contribution in [0.15, 0.2) is 58.9 Å². The van der Waals surface area contributed by atoms with Gasteiger partial charge in [0.15, 0.2) is 14.6 Å². The minimum absolute atomic E-state index is 0.0116. The molecule has 0 aliphatic carbocycles. The van der Waals surface area contributed by atoms with Crippen LogP contribution in [0, 0.1) is 13.8 Å². The Morgan fingerprint density at radius 3 is 2.52 bits per heavy atom. The van der Waals surface area contributed by atoms with Crippen molar-refractivity contribution >= 4 is 37.3 Å². The second-order valence-electron chi connectivity index (χ2n) is 6.35. The fourth-order valence-corrected chi connectivity index (χ4v) is 5.04. The normalized spacial score (nSPS) is 12.5. The summed E-state index contributed by atoms with van der Waals surface area (Å²) in [6, 6.07) is 10.2. The number of aromatic nitrogens is 1. The molecule has 0 saturated carbocycles. The molecule has 140 valence electrons. The minimum atomic E-state index is -3.53. The van der Waals surface area contributed by atoms with E-state index in [-0.39, 0.29) is 10.5 Å². The number of aryl methyl sites for hydroxylation is 2. The number of sulfone groups is 1. The summed E-state index contributed by atoms with van der Waals surface area (Å²) in [6.45, 7) is 8.33. The molecule has 0 unspecified atom stereocenters. The van der Waals surface area contributed by atoms with E-state index in [1.165, 1.54) is 23.5 Å². The predicted octanol–water partition coefficient (Wildman–Crippen LogP) is 3.65. The van der Waals surface area contributed by atoms with Crippen LogP contribution in [0.4, 0.5) is 0 Å². The van der Waals surface area contributed by atoms with Crippen LogP contribution in [0.5, 0.6) is 0 Å². The summed E-state index contributed by atoms with van der Waals surface area (Å²) in [4.78, 5) is 17.6. The standard InChI is InChI=1S/C20H20N2O3S2/c1-5-12-22-17-13(2)10-11-14(3)18(17)26-20(22)21-19(23)15-8-6-7-9-16(15)27(4,24)25/h5-11H,1,12H2,2-4H3. The van der Waals surface area contributed by atoms with E-state index in [1.54, 1.807) is 18.2 Å². The fourth-order valence-electron chi connectivity index (χ4n) is 2.97. The van der Waals surface area contributed by atoms with Crippen molar-refractivity contribution < 1.29 is 13.2 Å². The van der Waals surface area contributed by atoms with Crippen molar-refractivity contribution in [2.45, 2.75) is 25.3 Å². The molecule has 5 nitrogen and oxygen atoms in total. The van der Waals surface area contributed by atoms with Gasteiger partial charge in [0, 0.05) is 12.8 Å². The van der Waals surface area contributed by atoms with Gasteiger partial charge in [-0.15, -0.1) is 6.58 Å². The number of carbonyl (C=O) groups excluding carboxylic acids is 1. The number of hydrogen-bond acceptors (Lipinski definition) is 4. The molecule has 7 heteroatoms. The third-order valence-electron chi connectivity index (χ3n) is 4.25. The fraction of sp³-hybridized carbons (Fsp3) is 0.200. The Morgan fingerprint density at radius 2 is 1.85 bits per heavy atom. The summed E-state index contributed by atoms with van der Waals surface area (Å²) in [7, 11) is -3.53. The first kappa shape index (κ1) is 19.3.